The average Bonchev–Trinajstić information content (AvgIpc) is 3.40. The Morgan fingerprint density at radius 2 is 2.05 bits per heavy atom. The number of fused-ring (bicyclic) bond motifs is 1. The van der Waals surface area contributed by atoms with Crippen molar-refractivity contribution in [2.45, 2.75) is 76.4 Å². The van der Waals surface area contributed by atoms with Crippen LogP contribution in [0, 0.1) is 5.82 Å². The van der Waals surface area contributed by atoms with Crippen molar-refractivity contribution in [3.63, 3.8) is 0 Å². The molecule has 1 aliphatic heterocycles. The first kappa shape index (κ1) is 31.8. The van der Waals surface area contributed by atoms with Gasteiger partial charge in [0.15, 0.2) is 5.82 Å². The first-order chi connectivity index (χ1) is 21.0. The number of aliphatic imine (C=N–C) groups is 1. The quantitative estimate of drug-likeness (QED) is 0.116. The molecule has 4 aromatic rings. The van der Waals surface area contributed by atoms with Gasteiger partial charge in [-0.15, -0.1) is 0 Å². The fourth-order valence-electron chi connectivity index (χ4n) is 6.02. The summed E-state index contributed by atoms with van der Waals surface area (Å²) in [5.41, 5.74) is 20.8. The van der Waals surface area contributed by atoms with Gasteiger partial charge in [-0.2, -0.15) is 4.98 Å². The Labute approximate surface area is 262 Å². The number of H-pyrrole nitrogens is 1. The first-order valence-electron chi connectivity index (χ1n) is 15.3. The van der Waals surface area contributed by atoms with E-state index in [-0.39, 0.29) is 29.2 Å². The predicted octanol–water partition coefficient (Wildman–Crippen LogP) is 5.12. The fourth-order valence-corrected chi connectivity index (χ4v) is 6.27. The zero-order valence-corrected chi connectivity index (χ0v) is 26.1. The number of aromatic nitrogens is 3. The van der Waals surface area contributed by atoms with E-state index in [1.807, 2.05) is 19.1 Å². The van der Waals surface area contributed by atoms with Crippen LogP contribution in [-0.2, 0) is 6.42 Å². The van der Waals surface area contributed by atoms with E-state index in [4.69, 9.17) is 28.8 Å². The monoisotopic (exact) mass is 620 g/mol. The van der Waals surface area contributed by atoms with Crippen LogP contribution >= 0.6 is 11.6 Å². The van der Waals surface area contributed by atoms with E-state index < -0.39 is 11.5 Å². The number of nitrogens with zero attached hydrogens (tertiary/aromatic N) is 3. The number of aromatic amines is 1. The van der Waals surface area contributed by atoms with Gasteiger partial charge < -0.3 is 27.5 Å². The second-order valence-electron chi connectivity index (χ2n) is 12.3. The maximum Gasteiger partial charge on any atom is 0.354 e. The Balaban J connectivity index is 1.35. The molecule has 2 aromatic carbocycles. The largest absolute Gasteiger partial charge is 0.386 e. The van der Waals surface area contributed by atoms with Crippen molar-refractivity contribution in [3.8, 4) is 16.9 Å². The summed E-state index contributed by atoms with van der Waals surface area (Å²) < 4.78 is 16.6. The van der Waals surface area contributed by atoms with Gasteiger partial charge in [0.2, 0.25) is 0 Å². The number of nitrogens with one attached hydrogen (secondary N) is 2. The molecular weight excluding hydrogens is 579 g/mol. The van der Waals surface area contributed by atoms with Crippen molar-refractivity contribution < 1.29 is 4.39 Å². The van der Waals surface area contributed by atoms with E-state index >= 15 is 4.39 Å². The maximum atomic E-state index is 15.1. The van der Waals surface area contributed by atoms with Crippen molar-refractivity contribution in [2.75, 3.05) is 13.1 Å². The molecule has 0 bridgehead atoms. The number of benzene rings is 2. The average molecular weight is 621 g/mol. The third kappa shape index (κ3) is 7.38. The van der Waals surface area contributed by atoms with Crippen molar-refractivity contribution in [2.24, 2.45) is 22.2 Å². The molecule has 44 heavy (non-hydrogen) atoms. The molecular formula is C33H42ClFN8O. The highest BCUT2D eigenvalue weighted by Crippen LogP contribution is 2.34. The van der Waals surface area contributed by atoms with Gasteiger partial charge in [0.1, 0.15) is 11.5 Å². The number of amidine groups is 1. The molecule has 11 heteroatoms. The molecule has 1 fully saturated rings. The summed E-state index contributed by atoms with van der Waals surface area (Å²) in [5, 5.41) is 4.55. The van der Waals surface area contributed by atoms with Gasteiger partial charge in [-0.3, -0.25) is 9.56 Å². The molecule has 9 nitrogen and oxygen atoms in total. The van der Waals surface area contributed by atoms with Gasteiger partial charge in [-0.05, 0) is 100 Å². The molecule has 0 aliphatic carbocycles. The molecule has 2 aromatic heterocycles. The zero-order chi connectivity index (χ0) is 31.4. The van der Waals surface area contributed by atoms with E-state index in [0.29, 0.717) is 40.4 Å². The standard InChI is InChI=1S/C33H42ClFN8O/c1-20(37)5-3-6-21-15-25(30(35)26(34)16-21)28-17-23-19-43(32(44)41-31(23)40-28)24-10-8-22(9-11-24)27-7-4-12-33(2,42-27)13-14-39-29(38)18-36/h8-11,15-17,19-20,27,42H,3-7,12-14,18,36-37H2,1-2H3,(H2,38,39)(H,40,41,44). The number of aryl methyl sites for hydroxylation is 1. The summed E-state index contributed by atoms with van der Waals surface area (Å²) in [5.74, 6) is -0.0373. The molecule has 8 N–H and O–H groups in total. The van der Waals surface area contributed by atoms with Gasteiger partial charge in [-0.1, -0.05) is 23.7 Å². The lowest BCUT2D eigenvalue weighted by Gasteiger charge is -2.40. The maximum absolute atomic E-state index is 15.1. The lowest BCUT2D eigenvalue weighted by molar-refractivity contribution is 0.215. The van der Waals surface area contributed by atoms with E-state index in [9.17, 15) is 4.79 Å². The number of rotatable bonds is 11. The minimum Gasteiger partial charge on any atom is -0.386 e. The Bertz CT molecular complexity index is 1700. The van der Waals surface area contributed by atoms with Crippen molar-refractivity contribution in [3.05, 3.63) is 81.1 Å². The Kier molecular flexibility index (Phi) is 9.84. The highest BCUT2D eigenvalue weighted by Gasteiger charge is 2.31. The van der Waals surface area contributed by atoms with Gasteiger partial charge in [0.05, 0.1) is 22.9 Å². The molecule has 5 rings (SSSR count). The number of hydrogen-bond donors (Lipinski definition) is 5. The molecule has 3 heterocycles. The second-order valence-corrected chi connectivity index (χ2v) is 12.7. The summed E-state index contributed by atoms with van der Waals surface area (Å²) in [4.78, 5) is 24.8. The fraction of sp³-hybridized carbons (Fsp3) is 0.424. The number of hydrogen-bond acceptors (Lipinski definition) is 6. The molecule has 1 saturated heterocycles. The topological polar surface area (TPSA) is 153 Å². The van der Waals surface area contributed by atoms with Crippen LogP contribution in [0.5, 0.6) is 0 Å². The SMILES string of the molecule is CC(N)CCCc1cc(Cl)c(F)c(-c2cc3cn(-c4ccc(C5CCCC(C)(CCN=C(N)CN)N5)cc4)c(=O)nc3[nH]2)c1. The molecule has 0 spiro atoms. The van der Waals surface area contributed by atoms with E-state index in [2.05, 4.69) is 39.3 Å². The smallest absolute Gasteiger partial charge is 0.354 e. The van der Waals surface area contributed by atoms with Crippen LogP contribution in [0.4, 0.5) is 4.39 Å². The molecule has 234 valence electrons. The molecule has 3 unspecified atom stereocenters. The Morgan fingerprint density at radius 1 is 1.27 bits per heavy atom. The molecule has 1 aliphatic rings. The third-order valence-electron chi connectivity index (χ3n) is 8.52. The van der Waals surface area contributed by atoms with Crippen LogP contribution in [-0.4, -0.2) is 45.0 Å². The Morgan fingerprint density at radius 3 is 2.77 bits per heavy atom. The van der Waals surface area contributed by atoms with Crippen molar-refractivity contribution in [1.29, 1.82) is 0 Å². The predicted molar refractivity (Wildman–Crippen MR) is 177 cm³/mol. The van der Waals surface area contributed by atoms with Crippen LogP contribution in [0.25, 0.3) is 28.0 Å². The van der Waals surface area contributed by atoms with Crippen molar-refractivity contribution >= 4 is 28.5 Å². The summed E-state index contributed by atoms with van der Waals surface area (Å²) in [6.07, 6.45) is 8.27. The van der Waals surface area contributed by atoms with E-state index in [1.54, 1.807) is 24.4 Å². The number of halogens is 2. The summed E-state index contributed by atoms with van der Waals surface area (Å²) >= 11 is 6.26. The van der Waals surface area contributed by atoms with Gasteiger partial charge in [0, 0.05) is 41.3 Å². The minimum atomic E-state index is -0.514. The van der Waals surface area contributed by atoms with Crippen molar-refractivity contribution in [1.82, 2.24) is 19.9 Å². The lowest BCUT2D eigenvalue weighted by Crippen LogP contribution is -2.48. The highest BCUT2D eigenvalue weighted by molar-refractivity contribution is 6.31. The van der Waals surface area contributed by atoms with Crippen LogP contribution in [0.3, 0.4) is 0 Å². The minimum absolute atomic E-state index is 0.0515. The van der Waals surface area contributed by atoms with E-state index in [1.165, 1.54) is 4.57 Å². The Hall–Kier alpha value is -3.57. The first-order valence-corrected chi connectivity index (χ1v) is 15.7. The third-order valence-corrected chi connectivity index (χ3v) is 8.79. The van der Waals surface area contributed by atoms with Crippen LogP contribution in [0.2, 0.25) is 5.02 Å². The highest BCUT2D eigenvalue weighted by atomic mass is 35.5. The lowest BCUT2D eigenvalue weighted by atomic mass is 9.83. The van der Waals surface area contributed by atoms with Crippen LogP contribution in [0.15, 0.2) is 58.4 Å². The van der Waals surface area contributed by atoms with Gasteiger partial charge >= 0.3 is 5.69 Å². The molecule has 0 saturated carbocycles. The zero-order valence-electron chi connectivity index (χ0n) is 25.4. The van der Waals surface area contributed by atoms with Gasteiger partial charge in [-0.25, -0.2) is 9.18 Å². The second kappa shape index (κ2) is 13.6. The van der Waals surface area contributed by atoms with E-state index in [0.717, 1.165) is 56.1 Å². The number of piperidine rings is 1. The van der Waals surface area contributed by atoms with Crippen LogP contribution < -0.4 is 28.2 Å². The molecule has 0 amide bonds. The number of nitrogens with two attached hydrogens (primary N) is 3. The summed E-state index contributed by atoms with van der Waals surface area (Å²) in [7, 11) is 0. The molecule has 3 atom stereocenters. The summed E-state index contributed by atoms with van der Waals surface area (Å²) in [6.45, 7) is 5.10. The van der Waals surface area contributed by atoms with Gasteiger partial charge in [0.25, 0.3) is 0 Å². The normalized spacial score (nSPS) is 19.9. The summed E-state index contributed by atoms with van der Waals surface area (Å²) in [6, 6.07) is 13.5. The molecule has 0 radical (unpaired) electrons. The van der Waals surface area contributed by atoms with Crippen LogP contribution in [0.1, 0.15) is 69.5 Å².